The summed E-state index contributed by atoms with van der Waals surface area (Å²) in [6, 6.07) is 0. The summed E-state index contributed by atoms with van der Waals surface area (Å²) in [5.74, 6) is 0. The average molecular weight is 262 g/mol. The van der Waals surface area contributed by atoms with Gasteiger partial charge in [0.1, 0.15) is 0 Å². The van der Waals surface area contributed by atoms with Crippen molar-refractivity contribution in [3.8, 4) is 0 Å². The van der Waals surface area contributed by atoms with E-state index in [9.17, 15) is 9.13 Å². The van der Waals surface area contributed by atoms with Crippen LogP contribution in [-0.2, 0) is 13.4 Å². The molecule has 0 fully saturated rings. The van der Waals surface area contributed by atoms with E-state index in [-0.39, 0.29) is 74.4 Å². The summed E-state index contributed by atoms with van der Waals surface area (Å²) >= 11 is 0. The molecule has 12 heavy (non-hydrogen) atoms. The van der Waals surface area contributed by atoms with Crippen molar-refractivity contribution in [2.24, 2.45) is 0 Å². The molecule has 0 saturated carbocycles. The minimum Gasteiger partial charge on any atom is -1.00 e. The second-order valence-corrected chi connectivity index (χ2v) is 3.68. The summed E-state index contributed by atoms with van der Waals surface area (Å²) in [7, 11) is -10.1. The molecule has 0 aliphatic rings. The third-order valence-corrected chi connectivity index (χ3v) is 1.91. The Bertz CT molecular complexity index is 168. The van der Waals surface area contributed by atoms with E-state index in [0.717, 1.165) is 0 Å². The van der Waals surface area contributed by atoms with Crippen molar-refractivity contribution in [2.75, 3.05) is 0 Å². The number of rotatable bonds is 2. The first kappa shape index (κ1) is 24.0. The fraction of sp³-hybridized carbons (Fsp3) is 0. The van der Waals surface area contributed by atoms with Gasteiger partial charge in [-0.3, -0.25) is 0 Å². The van der Waals surface area contributed by atoms with Crippen LogP contribution in [0.1, 0.15) is 2.85 Å². The minimum absolute atomic E-state index is 0. The smallest absolute Gasteiger partial charge is 1.00 e. The number of hydrogen-bond donors (Lipinski definition) is 4. The van der Waals surface area contributed by atoms with E-state index in [0.29, 0.717) is 0 Å². The first-order valence-electron chi connectivity index (χ1n) is 1.53. The van der Waals surface area contributed by atoms with Crippen molar-refractivity contribution < 1.29 is 95.0 Å². The van der Waals surface area contributed by atoms with Crippen molar-refractivity contribution >= 4 is 28.1 Å². The van der Waals surface area contributed by atoms with Crippen molar-refractivity contribution in [2.45, 2.75) is 0 Å². The molecule has 0 rings (SSSR count). The van der Waals surface area contributed by atoms with Crippen LogP contribution in [0.2, 0.25) is 0 Å². The second-order valence-electron chi connectivity index (χ2n) is 1.06. The van der Waals surface area contributed by atoms with Crippen molar-refractivity contribution in [1.29, 1.82) is 0 Å². The second kappa shape index (κ2) is 8.83. The van der Waals surface area contributed by atoms with Gasteiger partial charge in [-0.15, -0.1) is 12.4 Å². The topological polar surface area (TPSA) is 124 Å². The molecule has 7 nitrogen and oxygen atoms in total. The Hall–Kier alpha value is 2.55. The molecule has 0 aromatic carbocycles. The molecule has 0 aliphatic carbocycles. The SMILES string of the molecule is Cl.O=P(O)(O)OP(=O)(O)O.[H-].[H-].[Na+].[Na+]. The molecule has 0 saturated heterocycles. The van der Waals surface area contributed by atoms with Crippen molar-refractivity contribution in [3.05, 3.63) is 0 Å². The van der Waals surface area contributed by atoms with Gasteiger partial charge >= 0.3 is 74.8 Å². The Kier molecular flexibility index (Phi) is 17.7. The fourth-order valence-electron chi connectivity index (χ4n) is 0.139. The Balaban J connectivity index is -0.0000000320. The Morgan fingerprint density at radius 1 is 0.917 bits per heavy atom. The molecule has 0 unspecified atom stereocenters. The first-order chi connectivity index (χ1) is 3.71. The molecule has 0 atom stereocenters. The molecule has 0 radical (unpaired) electrons. The fourth-order valence-corrected chi connectivity index (χ4v) is 1.25. The number of phosphoric acid groups is 2. The Labute approximate surface area is 122 Å². The molecule has 68 valence electrons. The monoisotopic (exact) mass is 262 g/mol. The van der Waals surface area contributed by atoms with E-state index in [2.05, 4.69) is 4.31 Å². The first-order valence-corrected chi connectivity index (χ1v) is 4.59. The standard InChI is InChI=1S/ClH.2Na.H4O7P2.2H/c;;;1-8(2,3)7-9(4,5)6;;/h1H;;;(H2,1,2,3)(H2,4,5,6);;/q;2*+1;;2*-1. The van der Waals surface area contributed by atoms with Gasteiger partial charge in [-0.2, -0.15) is 4.31 Å². The number of hydrogen-bond acceptors (Lipinski definition) is 3. The molecule has 0 aromatic rings. The van der Waals surface area contributed by atoms with Gasteiger partial charge in [0.05, 0.1) is 0 Å². The third-order valence-electron chi connectivity index (χ3n) is 0.213. The summed E-state index contributed by atoms with van der Waals surface area (Å²) in [6.45, 7) is 0. The molecule has 0 heterocycles. The predicted molar refractivity (Wildman–Crippen MR) is 34.6 cm³/mol. The molecule has 0 aliphatic heterocycles. The van der Waals surface area contributed by atoms with E-state index in [1.165, 1.54) is 0 Å². The van der Waals surface area contributed by atoms with Crippen molar-refractivity contribution in [3.63, 3.8) is 0 Å². The maximum atomic E-state index is 9.63. The quantitative estimate of drug-likeness (QED) is 0.288. The summed E-state index contributed by atoms with van der Waals surface area (Å²) < 4.78 is 22.2. The zero-order valence-corrected chi connectivity index (χ0v) is 12.9. The van der Waals surface area contributed by atoms with E-state index in [1.807, 2.05) is 0 Å². The van der Waals surface area contributed by atoms with Gasteiger partial charge in [-0.25, -0.2) is 9.13 Å². The van der Waals surface area contributed by atoms with E-state index in [4.69, 9.17) is 19.6 Å². The van der Waals surface area contributed by atoms with Crippen LogP contribution in [0.5, 0.6) is 0 Å². The zero-order chi connectivity index (χ0) is 7.71. The Morgan fingerprint density at radius 3 is 1.08 bits per heavy atom. The largest absolute Gasteiger partial charge is 1.00 e. The summed E-state index contributed by atoms with van der Waals surface area (Å²) in [4.78, 5) is 31.0. The average Bonchev–Trinajstić information content (AvgIpc) is 1.14. The zero-order valence-electron chi connectivity index (χ0n) is 8.32. The maximum Gasteiger partial charge on any atom is 1.00 e. The minimum atomic E-state index is -5.05. The summed E-state index contributed by atoms with van der Waals surface area (Å²) in [6.07, 6.45) is 0. The van der Waals surface area contributed by atoms with Crippen LogP contribution < -0.4 is 59.1 Å². The maximum absolute atomic E-state index is 9.63. The van der Waals surface area contributed by atoms with Gasteiger partial charge in [0.2, 0.25) is 0 Å². The normalized spacial score (nSPS) is 10.3. The van der Waals surface area contributed by atoms with Crippen LogP contribution in [-0.4, -0.2) is 19.6 Å². The summed E-state index contributed by atoms with van der Waals surface area (Å²) in [5.41, 5.74) is 0. The van der Waals surface area contributed by atoms with Gasteiger partial charge in [0.25, 0.3) is 0 Å². The van der Waals surface area contributed by atoms with Crippen LogP contribution in [0.3, 0.4) is 0 Å². The molecule has 0 spiro atoms. The summed E-state index contributed by atoms with van der Waals surface area (Å²) in [5, 5.41) is 0. The van der Waals surface area contributed by atoms with E-state index in [1.54, 1.807) is 0 Å². The number of halogens is 1. The van der Waals surface area contributed by atoms with E-state index < -0.39 is 15.6 Å². The van der Waals surface area contributed by atoms with Crippen LogP contribution >= 0.6 is 28.1 Å². The van der Waals surface area contributed by atoms with Gasteiger partial charge in [0.15, 0.2) is 0 Å². The van der Waals surface area contributed by atoms with Crippen LogP contribution in [0, 0.1) is 0 Å². The molecule has 0 aromatic heterocycles. The van der Waals surface area contributed by atoms with Gasteiger partial charge in [-0.1, -0.05) is 0 Å². The third kappa shape index (κ3) is 22.9. The predicted octanol–water partition coefficient (Wildman–Crippen LogP) is -6.16. The molecule has 0 amide bonds. The van der Waals surface area contributed by atoms with E-state index >= 15 is 0 Å². The van der Waals surface area contributed by atoms with Crippen LogP contribution in [0.15, 0.2) is 0 Å². The molecule has 12 heteroatoms. The van der Waals surface area contributed by atoms with Crippen LogP contribution in [0.25, 0.3) is 0 Å². The molecule has 4 N–H and O–H groups in total. The van der Waals surface area contributed by atoms with Crippen LogP contribution in [0.4, 0.5) is 0 Å². The Morgan fingerprint density at radius 2 is 1.08 bits per heavy atom. The molecular formula is H7ClNa2O7P2. The van der Waals surface area contributed by atoms with Gasteiger partial charge < -0.3 is 22.4 Å². The molecule has 0 bridgehead atoms. The van der Waals surface area contributed by atoms with Gasteiger partial charge in [-0.05, 0) is 0 Å². The molecular weight excluding hydrogens is 255 g/mol. The van der Waals surface area contributed by atoms with Gasteiger partial charge in [0, 0.05) is 0 Å². The van der Waals surface area contributed by atoms with Crippen molar-refractivity contribution in [1.82, 2.24) is 0 Å².